The van der Waals surface area contributed by atoms with Gasteiger partial charge in [-0.25, -0.2) is 12.4 Å². The van der Waals surface area contributed by atoms with Gasteiger partial charge in [0.15, 0.2) is 0 Å². The Labute approximate surface area is 132 Å². The van der Waals surface area contributed by atoms with Gasteiger partial charge in [-0.15, -0.1) is 0 Å². The highest BCUT2D eigenvalue weighted by molar-refractivity contribution is 7.90. The lowest BCUT2D eigenvalue weighted by Gasteiger charge is -2.08. The van der Waals surface area contributed by atoms with Crippen molar-refractivity contribution in [1.29, 1.82) is 0 Å². The third-order valence-electron chi connectivity index (χ3n) is 3.87. The summed E-state index contributed by atoms with van der Waals surface area (Å²) >= 11 is 0. The van der Waals surface area contributed by atoms with Crippen molar-refractivity contribution in [2.75, 3.05) is 6.61 Å². The van der Waals surface area contributed by atoms with Crippen molar-refractivity contribution >= 4 is 26.6 Å². The minimum Gasteiger partial charge on any atom is -0.486 e. The van der Waals surface area contributed by atoms with Gasteiger partial charge < -0.3 is 9.94 Å². The summed E-state index contributed by atoms with van der Waals surface area (Å²) in [6, 6.07) is 13.3. The van der Waals surface area contributed by atoms with Crippen molar-refractivity contribution in [1.82, 2.24) is 3.97 Å². The van der Waals surface area contributed by atoms with Crippen LogP contribution >= 0.6 is 0 Å². The molecule has 116 valence electrons. The molecular formula is C16H12N2O4S. The van der Waals surface area contributed by atoms with Gasteiger partial charge in [-0.2, -0.15) is 0 Å². The summed E-state index contributed by atoms with van der Waals surface area (Å²) in [6.07, 6.45) is 1.50. The molecule has 0 saturated heterocycles. The molecule has 0 radical (unpaired) electrons. The average Bonchev–Trinajstić information content (AvgIpc) is 3.19. The van der Waals surface area contributed by atoms with Crippen LogP contribution in [0.3, 0.4) is 0 Å². The Morgan fingerprint density at radius 1 is 1.09 bits per heavy atom. The molecule has 7 heteroatoms. The van der Waals surface area contributed by atoms with Crippen LogP contribution in [-0.4, -0.2) is 29.9 Å². The van der Waals surface area contributed by atoms with E-state index in [1.165, 1.54) is 10.2 Å². The van der Waals surface area contributed by atoms with E-state index in [9.17, 15) is 8.42 Å². The zero-order chi connectivity index (χ0) is 16.0. The van der Waals surface area contributed by atoms with Crippen LogP contribution in [0.15, 0.2) is 64.8 Å². The van der Waals surface area contributed by atoms with Gasteiger partial charge in [-0.3, -0.25) is 0 Å². The summed E-state index contributed by atoms with van der Waals surface area (Å²) in [4.78, 5) is 0.219. The molecule has 0 atom stereocenters. The first-order valence-corrected chi connectivity index (χ1v) is 8.36. The molecule has 6 nitrogen and oxygen atoms in total. The van der Waals surface area contributed by atoms with Gasteiger partial charge in [0.1, 0.15) is 18.1 Å². The normalized spacial score (nSPS) is 15.7. The maximum atomic E-state index is 12.8. The quantitative estimate of drug-likeness (QED) is 0.579. The predicted molar refractivity (Wildman–Crippen MR) is 84.8 cm³/mol. The smallest absolute Gasteiger partial charge is 0.268 e. The molecule has 23 heavy (non-hydrogen) atoms. The van der Waals surface area contributed by atoms with Gasteiger partial charge in [0.05, 0.1) is 10.4 Å². The zero-order valence-corrected chi connectivity index (χ0v) is 12.7. The number of fused-ring (bicyclic) bond motifs is 3. The second-order valence-corrected chi connectivity index (χ2v) is 6.95. The molecule has 4 rings (SSSR count). The van der Waals surface area contributed by atoms with Gasteiger partial charge in [0.25, 0.3) is 10.0 Å². The molecule has 0 unspecified atom stereocenters. The van der Waals surface area contributed by atoms with Crippen LogP contribution in [0.2, 0.25) is 0 Å². The van der Waals surface area contributed by atoms with E-state index in [0.29, 0.717) is 27.9 Å². The van der Waals surface area contributed by atoms with Crippen LogP contribution in [0.1, 0.15) is 5.56 Å². The van der Waals surface area contributed by atoms with Crippen LogP contribution in [0.4, 0.5) is 0 Å². The lowest BCUT2D eigenvalue weighted by molar-refractivity contribution is 0.313. The van der Waals surface area contributed by atoms with Crippen LogP contribution < -0.4 is 4.74 Å². The number of hydrogen-bond acceptors (Lipinski definition) is 5. The Morgan fingerprint density at radius 3 is 2.61 bits per heavy atom. The van der Waals surface area contributed by atoms with Crippen molar-refractivity contribution in [3.8, 4) is 5.75 Å². The molecule has 3 aromatic rings. The van der Waals surface area contributed by atoms with E-state index in [4.69, 9.17) is 9.94 Å². The number of rotatable bonds is 2. The first-order chi connectivity index (χ1) is 11.1. The fourth-order valence-corrected chi connectivity index (χ4v) is 4.13. The van der Waals surface area contributed by atoms with Crippen molar-refractivity contribution in [2.24, 2.45) is 5.16 Å². The van der Waals surface area contributed by atoms with Gasteiger partial charge in [0.2, 0.25) is 0 Å². The number of ether oxygens (including phenoxy) is 1. The highest BCUT2D eigenvalue weighted by Crippen LogP contribution is 2.36. The predicted octanol–water partition coefficient (Wildman–Crippen LogP) is 2.45. The van der Waals surface area contributed by atoms with Crippen molar-refractivity contribution < 1.29 is 18.4 Å². The molecule has 0 spiro atoms. The van der Waals surface area contributed by atoms with Gasteiger partial charge in [-0.1, -0.05) is 23.4 Å². The maximum absolute atomic E-state index is 12.8. The van der Waals surface area contributed by atoms with E-state index >= 15 is 0 Å². The molecule has 0 saturated carbocycles. The minimum atomic E-state index is -3.68. The van der Waals surface area contributed by atoms with E-state index in [1.807, 2.05) is 0 Å². The van der Waals surface area contributed by atoms with Crippen LogP contribution in [0.5, 0.6) is 5.75 Å². The fourth-order valence-electron chi connectivity index (χ4n) is 2.76. The minimum absolute atomic E-state index is 0.168. The molecule has 0 amide bonds. The van der Waals surface area contributed by atoms with Crippen LogP contribution in [0.25, 0.3) is 10.9 Å². The van der Waals surface area contributed by atoms with E-state index < -0.39 is 10.0 Å². The number of aromatic nitrogens is 1. The summed E-state index contributed by atoms with van der Waals surface area (Å²) in [5.41, 5.74) is 1.63. The second-order valence-electron chi connectivity index (χ2n) is 5.14. The third kappa shape index (κ3) is 1.93. The topological polar surface area (TPSA) is 80.9 Å². The molecule has 2 aromatic carbocycles. The Hall–Kier alpha value is -2.80. The Kier molecular flexibility index (Phi) is 2.92. The number of hydrogen-bond donors (Lipinski definition) is 1. The summed E-state index contributed by atoms with van der Waals surface area (Å²) in [5, 5.41) is 12.8. The molecule has 1 aliphatic heterocycles. The molecule has 0 aliphatic carbocycles. The Bertz CT molecular complexity index is 1040. The molecule has 1 N–H and O–H groups in total. The molecular weight excluding hydrogens is 316 g/mol. The SMILES string of the molecule is O=S(=O)(c1ccccc1)n1ccc2c3c(ccc21)/C(=N/O)CO3. The van der Waals surface area contributed by atoms with E-state index in [2.05, 4.69) is 5.16 Å². The first kappa shape index (κ1) is 13.8. The number of oxime groups is 1. The van der Waals surface area contributed by atoms with E-state index in [1.54, 1.807) is 48.5 Å². The molecule has 0 bridgehead atoms. The van der Waals surface area contributed by atoms with Gasteiger partial charge in [0, 0.05) is 17.1 Å². The maximum Gasteiger partial charge on any atom is 0.268 e. The lowest BCUT2D eigenvalue weighted by Crippen LogP contribution is -2.11. The van der Waals surface area contributed by atoms with Crippen LogP contribution in [0, 0.1) is 0 Å². The highest BCUT2D eigenvalue weighted by atomic mass is 32.2. The number of benzene rings is 2. The van der Waals surface area contributed by atoms with E-state index in [0.717, 1.165) is 0 Å². The Morgan fingerprint density at radius 2 is 1.87 bits per heavy atom. The first-order valence-electron chi connectivity index (χ1n) is 6.92. The third-order valence-corrected chi connectivity index (χ3v) is 5.58. The highest BCUT2D eigenvalue weighted by Gasteiger charge is 2.26. The zero-order valence-electron chi connectivity index (χ0n) is 11.9. The monoisotopic (exact) mass is 328 g/mol. The lowest BCUT2D eigenvalue weighted by atomic mass is 10.1. The molecule has 0 fully saturated rings. The summed E-state index contributed by atoms with van der Waals surface area (Å²) in [7, 11) is -3.68. The van der Waals surface area contributed by atoms with Crippen LogP contribution in [-0.2, 0) is 10.0 Å². The Balaban J connectivity index is 1.95. The molecule has 2 heterocycles. The van der Waals surface area contributed by atoms with Crippen molar-refractivity contribution in [3.05, 3.63) is 60.3 Å². The van der Waals surface area contributed by atoms with E-state index in [-0.39, 0.29) is 11.5 Å². The van der Waals surface area contributed by atoms with Gasteiger partial charge >= 0.3 is 0 Å². The summed E-state index contributed by atoms with van der Waals surface area (Å²) < 4.78 is 32.4. The fraction of sp³-hybridized carbons (Fsp3) is 0.0625. The standard InChI is InChI=1S/C16H12N2O4S/c19-17-14-10-22-16-12(14)6-7-15-13(16)8-9-18(15)23(20,21)11-4-2-1-3-5-11/h1-9,19H,10H2/b17-14+. The van der Waals surface area contributed by atoms with Gasteiger partial charge in [-0.05, 0) is 30.3 Å². The van der Waals surface area contributed by atoms with Crippen molar-refractivity contribution in [3.63, 3.8) is 0 Å². The largest absolute Gasteiger partial charge is 0.486 e. The number of nitrogens with zero attached hydrogens (tertiary/aromatic N) is 2. The average molecular weight is 328 g/mol. The molecule has 1 aromatic heterocycles. The second kappa shape index (κ2) is 4.85. The summed E-state index contributed by atoms with van der Waals surface area (Å²) in [6.45, 7) is 0.168. The molecule has 1 aliphatic rings. The summed E-state index contributed by atoms with van der Waals surface area (Å²) in [5.74, 6) is 0.539. The van der Waals surface area contributed by atoms with Crippen molar-refractivity contribution in [2.45, 2.75) is 4.90 Å².